The maximum absolute atomic E-state index is 9.71. The predicted molar refractivity (Wildman–Crippen MR) is 44.0 cm³/mol. The zero-order chi connectivity index (χ0) is 10.3. The Morgan fingerprint density at radius 2 is 2.00 bits per heavy atom. The van der Waals surface area contributed by atoms with E-state index >= 15 is 0 Å². The summed E-state index contributed by atoms with van der Waals surface area (Å²) in [6, 6.07) is 0. The van der Waals surface area contributed by atoms with E-state index in [-0.39, 0.29) is 0 Å². The molecule has 76 valence electrons. The molecule has 4 atom stereocenters. The van der Waals surface area contributed by atoms with Crippen LogP contribution >= 0.6 is 0 Å². The standard InChI is InChI=1S/C8H15NO4/c1-5(10)7(12)3-4-8(13,9-2)6(7)11/h3-6,10-13H,2,9H2,1H3. The van der Waals surface area contributed by atoms with Crippen LogP contribution < -0.4 is 5.32 Å². The first-order chi connectivity index (χ1) is 5.87. The van der Waals surface area contributed by atoms with Gasteiger partial charge in [-0.1, -0.05) is 0 Å². The van der Waals surface area contributed by atoms with Crippen LogP contribution in [0.5, 0.6) is 0 Å². The van der Waals surface area contributed by atoms with Crippen LogP contribution in [0, 0.1) is 7.05 Å². The molecule has 0 heterocycles. The van der Waals surface area contributed by atoms with E-state index in [4.69, 9.17) is 0 Å². The summed E-state index contributed by atoms with van der Waals surface area (Å²) in [5, 5.41) is 39.2. The molecule has 4 unspecified atom stereocenters. The van der Waals surface area contributed by atoms with Crippen LogP contribution in [-0.4, -0.2) is 44.0 Å². The highest BCUT2D eigenvalue weighted by molar-refractivity contribution is 5.23. The Balaban J connectivity index is 2.94. The smallest absolute Gasteiger partial charge is 0.223 e. The Hall–Kier alpha value is -0.460. The molecular formula is C8H15NO4. The van der Waals surface area contributed by atoms with E-state index in [0.717, 1.165) is 5.32 Å². The molecule has 0 aromatic heterocycles. The molecule has 0 spiro atoms. The quantitative estimate of drug-likeness (QED) is 0.182. The van der Waals surface area contributed by atoms with E-state index < -0.39 is 23.5 Å². The van der Waals surface area contributed by atoms with Gasteiger partial charge in [0.1, 0.15) is 5.60 Å². The number of hydrogen-bond donors (Lipinski definition) is 5. The molecule has 5 nitrogen and oxygen atoms in total. The van der Waals surface area contributed by atoms with Crippen molar-refractivity contribution < 1.29 is 25.7 Å². The lowest BCUT2D eigenvalue weighted by Crippen LogP contribution is -2.95. The Morgan fingerprint density at radius 3 is 2.23 bits per heavy atom. The van der Waals surface area contributed by atoms with E-state index in [2.05, 4.69) is 7.05 Å². The van der Waals surface area contributed by atoms with Gasteiger partial charge in [0.05, 0.1) is 6.10 Å². The van der Waals surface area contributed by atoms with Crippen LogP contribution in [0.1, 0.15) is 6.92 Å². The summed E-state index contributed by atoms with van der Waals surface area (Å²) in [4.78, 5) is 0. The van der Waals surface area contributed by atoms with Gasteiger partial charge in [-0.3, -0.25) is 0 Å². The number of rotatable bonds is 2. The number of aliphatic hydroxyl groups excluding tert-OH is 2. The lowest BCUT2D eigenvalue weighted by molar-refractivity contribution is -0.718. The zero-order valence-electron chi connectivity index (χ0n) is 7.38. The second kappa shape index (κ2) is 3.04. The summed E-state index contributed by atoms with van der Waals surface area (Å²) >= 11 is 0. The van der Waals surface area contributed by atoms with Gasteiger partial charge in [-0.05, 0) is 13.0 Å². The lowest BCUT2D eigenvalue weighted by atomic mass is 9.92. The average Bonchev–Trinajstić information content (AvgIpc) is 2.32. The first-order valence-electron chi connectivity index (χ1n) is 4.01. The molecule has 5 heteroatoms. The van der Waals surface area contributed by atoms with Gasteiger partial charge in [-0.2, -0.15) is 0 Å². The summed E-state index contributed by atoms with van der Waals surface area (Å²) in [5.41, 5.74) is -3.46. The molecule has 0 saturated carbocycles. The molecule has 6 N–H and O–H groups in total. The van der Waals surface area contributed by atoms with E-state index in [1.807, 2.05) is 0 Å². The summed E-state index contributed by atoms with van der Waals surface area (Å²) < 4.78 is 0. The largest absolute Gasteiger partial charge is 0.445 e. The molecule has 0 fully saturated rings. The van der Waals surface area contributed by atoms with E-state index in [1.54, 1.807) is 0 Å². The minimum absolute atomic E-state index is 1.12. The van der Waals surface area contributed by atoms with Crippen molar-refractivity contribution in [2.45, 2.75) is 30.5 Å². The summed E-state index contributed by atoms with van der Waals surface area (Å²) in [6.07, 6.45) is -0.244. The van der Waals surface area contributed by atoms with Gasteiger partial charge in [0.25, 0.3) is 0 Å². The number of aliphatic hydroxyl groups is 4. The Kier molecular flexibility index (Phi) is 2.48. The summed E-state index contributed by atoms with van der Waals surface area (Å²) in [7, 11) is 3.34. The van der Waals surface area contributed by atoms with Crippen molar-refractivity contribution in [3.05, 3.63) is 19.2 Å². The van der Waals surface area contributed by atoms with Gasteiger partial charge in [0, 0.05) is 6.08 Å². The minimum atomic E-state index is -1.80. The van der Waals surface area contributed by atoms with Gasteiger partial charge in [0.15, 0.2) is 6.10 Å². The predicted octanol–water partition coefficient (Wildman–Crippen LogP) is -2.93. The first kappa shape index (κ1) is 10.6. The molecule has 0 aromatic carbocycles. The molecule has 13 heavy (non-hydrogen) atoms. The SMILES string of the molecule is [CH2-][NH2+]C1(O)C=CC(O)(C(C)O)C1O. The van der Waals surface area contributed by atoms with Crippen molar-refractivity contribution in [2.24, 2.45) is 0 Å². The highest BCUT2D eigenvalue weighted by Gasteiger charge is 2.55. The van der Waals surface area contributed by atoms with Crippen molar-refractivity contribution in [1.82, 2.24) is 0 Å². The first-order valence-corrected chi connectivity index (χ1v) is 4.01. The van der Waals surface area contributed by atoms with Crippen molar-refractivity contribution in [1.29, 1.82) is 0 Å². The minimum Gasteiger partial charge on any atom is -0.445 e. The van der Waals surface area contributed by atoms with Crippen LogP contribution in [0.2, 0.25) is 0 Å². The number of hydrogen-bond acceptors (Lipinski definition) is 4. The Bertz CT molecular complexity index is 230. The zero-order valence-corrected chi connectivity index (χ0v) is 7.38. The molecule has 1 aliphatic carbocycles. The van der Waals surface area contributed by atoms with Crippen LogP contribution in [0.15, 0.2) is 12.2 Å². The Morgan fingerprint density at radius 1 is 1.46 bits per heavy atom. The van der Waals surface area contributed by atoms with Crippen LogP contribution in [0.4, 0.5) is 0 Å². The highest BCUT2D eigenvalue weighted by atomic mass is 16.4. The average molecular weight is 189 g/mol. The molecular weight excluding hydrogens is 174 g/mol. The molecule has 1 aliphatic rings. The molecule has 0 saturated heterocycles. The van der Waals surface area contributed by atoms with Crippen molar-refractivity contribution in [3.8, 4) is 0 Å². The summed E-state index contributed by atoms with van der Waals surface area (Å²) in [6.45, 7) is 1.34. The molecule has 0 aliphatic heterocycles. The fourth-order valence-corrected chi connectivity index (χ4v) is 1.37. The lowest BCUT2D eigenvalue weighted by Gasteiger charge is -2.34. The van der Waals surface area contributed by atoms with Crippen molar-refractivity contribution in [2.75, 3.05) is 0 Å². The van der Waals surface area contributed by atoms with Gasteiger partial charge >= 0.3 is 0 Å². The van der Waals surface area contributed by atoms with Gasteiger partial charge in [0.2, 0.25) is 5.72 Å². The molecule has 0 aromatic rings. The van der Waals surface area contributed by atoms with Crippen LogP contribution in [0.3, 0.4) is 0 Å². The van der Waals surface area contributed by atoms with Crippen molar-refractivity contribution in [3.63, 3.8) is 0 Å². The number of nitrogens with two attached hydrogens (primary N) is 1. The highest BCUT2D eigenvalue weighted by Crippen LogP contribution is 2.30. The Labute approximate surface area is 76.3 Å². The molecule has 0 radical (unpaired) electrons. The van der Waals surface area contributed by atoms with Gasteiger partial charge in [-0.15, -0.1) is 7.05 Å². The molecule has 0 amide bonds. The van der Waals surface area contributed by atoms with E-state index in [0.29, 0.717) is 0 Å². The topological polar surface area (TPSA) is 97.5 Å². The third kappa shape index (κ3) is 1.38. The maximum atomic E-state index is 9.71. The second-order valence-electron chi connectivity index (χ2n) is 3.39. The monoisotopic (exact) mass is 189 g/mol. The van der Waals surface area contributed by atoms with Gasteiger partial charge < -0.3 is 25.7 Å². The number of quaternary nitrogens is 1. The normalized spacial score (nSPS) is 46.8. The molecule has 0 bridgehead atoms. The third-order valence-corrected chi connectivity index (χ3v) is 2.49. The van der Waals surface area contributed by atoms with Gasteiger partial charge in [-0.25, -0.2) is 0 Å². The van der Waals surface area contributed by atoms with E-state index in [1.165, 1.54) is 19.1 Å². The summed E-state index contributed by atoms with van der Waals surface area (Å²) in [5.74, 6) is 0. The maximum Gasteiger partial charge on any atom is 0.223 e. The fraction of sp³-hybridized carbons (Fsp3) is 0.625. The third-order valence-electron chi connectivity index (χ3n) is 2.49. The van der Waals surface area contributed by atoms with Crippen LogP contribution in [-0.2, 0) is 0 Å². The molecule has 1 rings (SSSR count). The second-order valence-corrected chi connectivity index (χ2v) is 3.39. The van der Waals surface area contributed by atoms with Crippen molar-refractivity contribution >= 4 is 0 Å². The van der Waals surface area contributed by atoms with E-state index in [9.17, 15) is 20.4 Å². The van der Waals surface area contributed by atoms with Crippen LogP contribution in [0.25, 0.3) is 0 Å². The fourth-order valence-electron chi connectivity index (χ4n) is 1.37.